The van der Waals surface area contributed by atoms with Gasteiger partial charge in [-0.3, -0.25) is 0 Å². The van der Waals surface area contributed by atoms with Crippen LogP contribution in [0.4, 0.5) is 4.39 Å². The summed E-state index contributed by atoms with van der Waals surface area (Å²) in [5.41, 5.74) is 1.51. The Balaban J connectivity index is 1.75. The Morgan fingerprint density at radius 3 is 2.50 bits per heavy atom. The fourth-order valence-electron chi connectivity index (χ4n) is 2.77. The van der Waals surface area contributed by atoms with Crippen molar-refractivity contribution in [1.82, 2.24) is 5.06 Å². The van der Waals surface area contributed by atoms with E-state index in [2.05, 4.69) is 0 Å². The van der Waals surface area contributed by atoms with Gasteiger partial charge in [0.25, 0.3) is 0 Å². The van der Waals surface area contributed by atoms with Gasteiger partial charge in [-0.25, -0.2) is 9.18 Å². The maximum absolute atomic E-state index is 13.1. The van der Waals surface area contributed by atoms with E-state index in [0.29, 0.717) is 12.1 Å². The van der Waals surface area contributed by atoms with Crippen molar-refractivity contribution in [1.29, 1.82) is 0 Å². The molecular formula is C18H18FNO2. The molecule has 2 aromatic carbocycles. The molecule has 1 aliphatic rings. The molecule has 2 aromatic rings. The molecule has 0 unspecified atom stereocenters. The molecule has 0 spiro atoms. The third kappa shape index (κ3) is 3.34. The predicted molar refractivity (Wildman–Crippen MR) is 81.6 cm³/mol. The number of hydrogen-bond donors (Lipinski definition) is 0. The van der Waals surface area contributed by atoms with Crippen LogP contribution in [-0.4, -0.2) is 17.6 Å². The number of hydrogen-bond acceptors (Lipinski definition) is 3. The maximum Gasteiger partial charge on any atom is 0.357 e. The number of halogens is 1. The van der Waals surface area contributed by atoms with Gasteiger partial charge < -0.3 is 4.84 Å². The molecule has 1 heterocycles. The van der Waals surface area contributed by atoms with E-state index >= 15 is 0 Å². The number of carbonyl (C=O) groups is 1. The Morgan fingerprint density at radius 1 is 1.05 bits per heavy atom. The van der Waals surface area contributed by atoms with Crippen molar-refractivity contribution in [3.8, 4) is 0 Å². The van der Waals surface area contributed by atoms with Crippen molar-refractivity contribution in [3.05, 3.63) is 71.5 Å². The highest BCUT2D eigenvalue weighted by molar-refractivity contribution is 5.89. The Kier molecular flexibility index (Phi) is 4.49. The van der Waals surface area contributed by atoms with E-state index in [1.807, 2.05) is 18.2 Å². The highest BCUT2D eigenvalue weighted by Gasteiger charge is 2.27. The Hall–Kier alpha value is -2.20. The average molecular weight is 299 g/mol. The SMILES string of the molecule is O=C(ON1CCCC[C@H]1c1ccc(F)cc1)c1ccccc1. The fraction of sp³-hybridized carbons (Fsp3) is 0.278. The highest BCUT2D eigenvalue weighted by atomic mass is 19.1. The number of benzene rings is 2. The van der Waals surface area contributed by atoms with E-state index in [1.54, 1.807) is 29.3 Å². The number of piperidine rings is 1. The van der Waals surface area contributed by atoms with Crippen LogP contribution in [0.15, 0.2) is 54.6 Å². The summed E-state index contributed by atoms with van der Waals surface area (Å²) in [6.45, 7) is 0.695. The molecule has 0 aliphatic carbocycles. The second-order valence-electron chi connectivity index (χ2n) is 5.45. The minimum absolute atomic E-state index is 0.0120. The fourth-order valence-corrected chi connectivity index (χ4v) is 2.77. The van der Waals surface area contributed by atoms with Crippen LogP contribution in [0.5, 0.6) is 0 Å². The van der Waals surface area contributed by atoms with Gasteiger partial charge in [-0.15, -0.1) is 5.06 Å². The summed E-state index contributed by atoms with van der Waals surface area (Å²) in [7, 11) is 0. The molecule has 0 N–H and O–H groups in total. The molecule has 0 aromatic heterocycles. The van der Waals surface area contributed by atoms with E-state index in [1.165, 1.54) is 12.1 Å². The molecule has 1 fully saturated rings. The number of rotatable bonds is 3. The van der Waals surface area contributed by atoms with Gasteiger partial charge in [0.05, 0.1) is 11.6 Å². The van der Waals surface area contributed by atoms with Gasteiger partial charge in [-0.2, -0.15) is 0 Å². The molecule has 114 valence electrons. The first-order chi connectivity index (χ1) is 10.7. The topological polar surface area (TPSA) is 29.5 Å². The summed E-state index contributed by atoms with van der Waals surface area (Å²) in [4.78, 5) is 17.8. The van der Waals surface area contributed by atoms with Crippen molar-refractivity contribution in [3.63, 3.8) is 0 Å². The molecule has 0 amide bonds. The predicted octanol–water partition coefficient (Wildman–Crippen LogP) is 4.12. The Labute approximate surface area is 129 Å². The molecule has 0 radical (unpaired) electrons. The third-order valence-corrected chi connectivity index (χ3v) is 3.92. The highest BCUT2D eigenvalue weighted by Crippen LogP contribution is 2.31. The van der Waals surface area contributed by atoms with Crippen LogP contribution in [0.3, 0.4) is 0 Å². The smallest absolute Gasteiger partial charge is 0.357 e. The summed E-state index contributed by atoms with van der Waals surface area (Å²) in [6, 6.07) is 15.3. The van der Waals surface area contributed by atoms with Crippen molar-refractivity contribution in [2.45, 2.75) is 25.3 Å². The summed E-state index contributed by atoms with van der Waals surface area (Å²) in [5.74, 6) is -0.609. The summed E-state index contributed by atoms with van der Waals surface area (Å²) in [6.07, 6.45) is 2.95. The van der Waals surface area contributed by atoms with Crippen LogP contribution in [-0.2, 0) is 4.84 Å². The minimum atomic E-state index is -0.352. The first-order valence-electron chi connectivity index (χ1n) is 7.53. The van der Waals surface area contributed by atoms with Gasteiger partial charge in [0.15, 0.2) is 0 Å². The standard InChI is InChI=1S/C18H18FNO2/c19-16-11-9-14(10-12-16)17-8-4-5-13-20(17)22-18(21)15-6-2-1-3-7-15/h1-3,6-7,9-12,17H,4-5,8,13H2/t17-/m0/s1. The van der Waals surface area contributed by atoms with Crippen molar-refractivity contribution in [2.75, 3.05) is 6.54 Å². The lowest BCUT2D eigenvalue weighted by molar-refractivity contribution is -0.152. The van der Waals surface area contributed by atoms with Gasteiger partial charge in [-0.05, 0) is 42.7 Å². The molecule has 0 bridgehead atoms. The number of hydroxylamine groups is 2. The van der Waals surface area contributed by atoms with Gasteiger partial charge in [0.1, 0.15) is 5.82 Å². The molecule has 22 heavy (non-hydrogen) atoms. The number of carbonyl (C=O) groups excluding carboxylic acids is 1. The summed E-state index contributed by atoms with van der Waals surface area (Å²) in [5, 5.41) is 1.73. The lowest BCUT2D eigenvalue weighted by atomic mass is 9.97. The zero-order chi connectivity index (χ0) is 15.4. The van der Waals surface area contributed by atoms with Crippen LogP contribution in [0, 0.1) is 5.82 Å². The normalized spacial score (nSPS) is 18.9. The van der Waals surface area contributed by atoms with E-state index < -0.39 is 0 Å². The maximum atomic E-state index is 13.1. The third-order valence-electron chi connectivity index (χ3n) is 3.92. The minimum Gasteiger partial charge on any atom is -0.363 e. The number of nitrogens with zero attached hydrogens (tertiary/aromatic N) is 1. The second-order valence-corrected chi connectivity index (χ2v) is 5.45. The van der Waals surface area contributed by atoms with Gasteiger partial charge >= 0.3 is 5.97 Å². The molecule has 1 aliphatic heterocycles. The molecule has 1 atom stereocenters. The van der Waals surface area contributed by atoms with Gasteiger partial charge in [-0.1, -0.05) is 36.8 Å². The zero-order valence-corrected chi connectivity index (χ0v) is 12.2. The lowest BCUT2D eigenvalue weighted by Gasteiger charge is -2.34. The van der Waals surface area contributed by atoms with E-state index in [4.69, 9.17) is 4.84 Å². The van der Waals surface area contributed by atoms with Crippen LogP contribution >= 0.6 is 0 Å². The largest absolute Gasteiger partial charge is 0.363 e. The van der Waals surface area contributed by atoms with Crippen LogP contribution in [0.1, 0.15) is 41.2 Å². The summed E-state index contributed by atoms with van der Waals surface area (Å²) >= 11 is 0. The van der Waals surface area contributed by atoms with Gasteiger partial charge in [0.2, 0.25) is 0 Å². The second kappa shape index (κ2) is 6.71. The van der Waals surface area contributed by atoms with Crippen LogP contribution in [0.25, 0.3) is 0 Å². The monoisotopic (exact) mass is 299 g/mol. The van der Waals surface area contributed by atoms with Crippen molar-refractivity contribution in [2.24, 2.45) is 0 Å². The first-order valence-corrected chi connectivity index (χ1v) is 7.53. The molecular weight excluding hydrogens is 281 g/mol. The van der Waals surface area contributed by atoms with Crippen LogP contribution in [0.2, 0.25) is 0 Å². The molecule has 3 rings (SSSR count). The Bertz CT molecular complexity index is 627. The molecule has 3 nitrogen and oxygen atoms in total. The molecule has 4 heteroatoms. The molecule has 0 saturated carbocycles. The van der Waals surface area contributed by atoms with Crippen molar-refractivity contribution < 1.29 is 14.0 Å². The van der Waals surface area contributed by atoms with E-state index in [0.717, 1.165) is 24.8 Å². The van der Waals surface area contributed by atoms with Crippen molar-refractivity contribution >= 4 is 5.97 Å². The van der Waals surface area contributed by atoms with E-state index in [9.17, 15) is 9.18 Å². The van der Waals surface area contributed by atoms with Crippen LogP contribution < -0.4 is 0 Å². The lowest BCUT2D eigenvalue weighted by Crippen LogP contribution is -2.35. The zero-order valence-electron chi connectivity index (χ0n) is 12.2. The first kappa shape index (κ1) is 14.7. The quantitative estimate of drug-likeness (QED) is 0.853. The summed E-state index contributed by atoms with van der Waals surface area (Å²) < 4.78 is 13.1. The molecule has 1 saturated heterocycles. The van der Waals surface area contributed by atoms with Gasteiger partial charge in [0, 0.05) is 6.54 Å². The van der Waals surface area contributed by atoms with E-state index in [-0.39, 0.29) is 17.8 Å². The average Bonchev–Trinajstić information content (AvgIpc) is 2.57. The Morgan fingerprint density at radius 2 is 1.77 bits per heavy atom.